The molecule has 158 valence electrons. The number of aromatic nitrogens is 3. The minimum atomic E-state index is -0.324. The Balaban J connectivity index is 1.45. The number of hydrogen-bond donors (Lipinski definition) is 1. The van der Waals surface area contributed by atoms with E-state index in [1.54, 1.807) is 6.07 Å². The summed E-state index contributed by atoms with van der Waals surface area (Å²) in [6.45, 7) is 3.87. The molecule has 2 aromatic carbocycles. The Morgan fingerprint density at radius 1 is 1.19 bits per heavy atom. The predicted octanol–water partition coefficient (Wildman–Crippen LogP) is 3.78. The second-order valence-electron chi connectivity index (χ2n) is 7.00. The molecule has 2 heterocycles. The number of fused-ring (bicyclic) bond motifs is 1. The van der Waals surface area contributed by atoms with Gasteiger partial charge in [0.1, 0.15) is 10.8 Å². The van der Waals surface area contributed by atoms with Crippen LogP contribution < -0.4 is 15.6 Å². The first kappa shape index (κ1) is 21.0. The molecule has 31 heavy (non-hydrogen) atoms. The lowest BCUT2D eigenvalue weighted by molar-refractivity contribution is -0.123. The number of rotatable bonds is 6. The molecule has 1 N–H and O–H groups in total. The highest BCUT2D eigenvalue weighted by atomic mass is 35.5. The van der Waals surface area contributed by atoms with E-state index in [-0.39, 0.29) is 24.6 Å². The van der Waals surface area contributed by atoms with Crippen molar-refractivity contribution in [1.82, 2.24) is 19.9 Å². The number of nitrogens with zero attached hydrogens (tertiary/aromatic N) is 3. The molecule has 4 aromatic rings. The number of ether oxygens (including phenoxy) is 1. The van der Waals surface area contributed by atoms with Crippen LogP contribution in [0.15, 0.2) is 53.3 Å². The van der Waals surface area contributed by atoms with Gasteiger partial charge in [-0.2, -0.15) is 9.61 Å². The maximum Gasteiger partial charge on any atom is 0.275 e. The van der Waals surface area contributed by atoms with Gasteiger partial charge in [-0.15, -0.1) is 0 Å². The highest BCUT2D eigenvalue weighted by Crippen LogP contribution is 2.30. The van der Waals surface area contributed by atoms with Crippen LogP contribution in [0.25, 0.3) is 15.5 Å². The molecule has 2 aromatic heterocycles. The maximum absolute atomic E-state index is 12.5. The molecule has 0 bridgehead atoms. The Bertz CT molecular complexity index is 1330. The topological polar surface area (TPSA) is 85.6 Å². The van der Waals surface area contributed by atoms with Gasteiger partial charge >= 0.3 is 0 Å². The van der Waals surface area contributed by atoms with Crippen molar-refractivity contribution in [3.05, 3.63) is 80.7 Å². The van der Waals surface area contributed by atoms with Crippen LogP contribution in [0.3, 0.4) is 0 Å². The van der Waals surface area contributed by atoms with E-state index in [9.17, 15) is 9.59 Å². The number of carbonyl (C=O) groups is 1. The van der Waals surface area contributed by atoms with Crippen LogP contribution in [-0.2, 0) is 11.3 Å². The number of nitrogens with one attached hydrogen (secondary N) is 1. The van der Waals surface area contributed by atoms with Crippen molar-refractivity contribution in [3.8, 4) is 16.3 Å². The predicted molar refractivity (Wildman–Crippen MR) is 121 cm³/mol. The van der Waals surface area contributed by atoms with Crippen molar-refractivity contribution in [3.63, 3.8) is 0 Å². The van der Waals surface area contributed by atoms with Gasteiger partial charge in [0.2, 0.25) is 4.96 Å². The van der Waals surface area contributed by atoms with E-state index in [1.165, 1.54) is 21.9 Å². The summed E-state index contributed by atoms with van der Waals surface area (Å²) in [6.07, 6.45) is 0. The first-order valence-corrected chi connectivity index (χ1v) is 10.7. The number of benzene rings is 2. The molecule has 4 rings (SSSR count). The first-order valence-electron chi connectivity index (χ1n) is 9.52. The Morgan fingerprint density at radius 3 is 2.81 bits per heavy atom. The van der Waals surface area contributed by atoms with Crippen LogP contribution in [-0.4, -0.2) is 27.1 Å². The van der Waals surface area contributed by atoms with Gasteiger partial charge in [-0.05, 0) is 37.1 Å². The van der Waals surface area contributed by atoms with Crippen molar-refractivity contribution in [2.75, 3.05) is 6.61 Å². The fraction of sp³-hybridized carbons (Fsp3) is 0.182. The Labute approximate surface area is 187 Å². The molecule has 7 nitrogen and oxygen atoms in total. The fourth-order valence-electron chi connectivity index (χ4n) is 2.94. The van der Waals surface area contributed by atoms with Crippen molar-refractivity contribution in [2.45, 2.75) is 20.4 Å². The molecule has 0 radical (unpaired) electrons. The lowest BCUT2D eigenvalue weighted by Crippen LogP contribution is -2.29. The highest BCUT2D eigenvalue weighted by molar-refractivity contribution is 7.19. The summed E-state index contributed by atoms with van der Waals surface area (Å²) >= 11 is 7.49. The van der Waals surface area contributed by atoms with E-state index in [1.807, 2.05) is 50.2 Å². The number of halogens is 1. The zero-order chi connectivity index (χ0) is 22.0. The monoisotopic (exact) mass is 454 g/mol. The molecular weight excluding hydrogens is 436 g/mol. The summed E-state index contributed by atoms with van der Waals surface area (Å²) < 4.78 is 6.84. The van der Waals surface area contributed by atoms with E-state index < -0.39 is 0 Å². The number of hydrogen-bond acceptors (Lipinski definition) is 6. The molecule has 1 amide bonds. The second-order valence-corrected chi connectivity index (χ2v) is 8.36. The van der Waals surface area contributed by atoms with E-state index in [0.29, 0.717) is 26.4 Å². The summed E-state index contributed by atoms with van der Waals surface area (Å²) in [5.41, 5.74) is 2.87. The third-order valence-corrected chi connectivity index (χ3v) is 5.84. The van der Waals surface area contributed by atoms with Gasteiger partial charge in [-0.25, -0.2) is 4.98 Å². The molecule has 0 unspecified atom stereocenters. The Kier molecular flexibility index (Phi) is 6.01. The number of aryl methyl sites for hydroxylation is 2. The number of amides is 1. The minimum Gasteiger partial charge on any atom is -0.483 e. The molecule has 9 heteroatoms. The summed E-state index contributed by atoms with van der Waals surface area (Å²) in [5, 5.41) is 8.20. The minimum absolute atomic E-state index is 0.111. The van der Waals surface area contributed by atoms with Gasteiger partial charge in [0.15, 0.2) is 6.61 Å². The second kappa shape index (κ2) is 8.87. The van der Waals surface area contributed by atoms with Gasteiger partial charge < -0.3 is 10.1 Å². The zero-order valence-corrected chi connectivity index (χ0v) is 18.5. The van der Waals surface area contributed by atoms with Gasteiger partial charge in [0, 0.05) is 11.6 Å². The summed E-state index contributed by atoms with van der Waals surface area (Å²) in [5.74, 6) is 0.369. The van der Waals surface area contributed by atoms with Gasteiger partial charge in [0.05, 0.1) is 17.3 Å². The molecule has 0 atom stereocenters. The van der Waals surface area contributed by atoms with Crippen molar-refractivity contribution in [2.24, 2.45) is 0 Å². The summed E-state index contributed by atoms with van der Waals surface area (Å²) in [7, 11) is 0. The fourth-order valence-corrected chi connectivity index (χ4v) is 4.18. The van der Waals surface area contributed by atoms with Gasteiger partial charge in [-0.1, -0.05) is 53.3 Å². The summed E-state index contributed by atoms with van der Waals surface area (Å²) in [6, 6.07) is 14.5. The van der Waals surface area contributed by atoms with Gasteiger partial charge in [0.25, 0.3) is 11.5 Å². The zero-order valence-electron chi connectivity index (χ0n) is 16.9. The standard InChI is InChI=1S/C22H19ClN4O3S/c1-13-7-8-14(2)18(9-13)30-12-19(28)24-11-15-10-20(29)27-22(25-15)31-21(26-27)16-5-3-4-6-17(16)23/h3-10H,11-12H2,1-2H3,(H,24,28). The third-order valence-electron chi connectivity index (χ3n) is 4.57. The van der Waals surface area contributed by atoms with E-state index in [4.69, 9.17) is 16.3 Å². The van der Waals surface area contributed by atoms with Crippen LogP contribution in [0.4, 0.5) is 0 Å². The normalized spacial score (nSPS) is 10.9. The van der Waals surface area contributed by atoms with Crippen LogP contribution >= 0.6 is 22.9 Å². The van der Waals surface area contributed by atoms with Crippen LogP contribution in [0.2, 0.25) is 5.02 Å². The third kappa shape index (κ3) is 4.76. The molecule has 0 saturated heterocycles. The number of carbonyl (C=O) groups excluding carboxylic acids is 1. The van der Waals surface area contributed by atoms with Crippen molar-refractivity contribution in [1.29, 1.82) is 0 Å². The smallest absolute Gasteiger partial charge is 0.275 e. The average molecular weight is 455 g/mol. The maximum atomic E-state index is 12.5. The largest absolute Gasteiger partial charge is 0.483 e. The average Bonchev–Trinajstić information content (AvgIpc) is 3.18. The lowest BCUT2D eigenvalue weighted by Gasteiger charge is -2.10. The SMILES string of the molecule is Cc1ccc(C)c(OCC(=O)NCc2cc(=O)n3nc(-c4ccccc4Cl)sc3n2)c1. The van der Waals surface area contributed by atoms with Crippen molar-refractivity contribution < 1.29 is 9.53 Å². The van der Waals surface area contributed by atoms with E-state index >= 15 is 0 Å². The molecule has 0 aliphatic heterocycles. The molecule has 0 aliphatic carbocycles. The van der Waals surface area contributed by atoms with Gasteiger partial charge in [-0.3, -0.25) is 9.59 Å². The quantitative estimate of drug-likeness (QED) is 0.479. The van der Waals surface area contributed by atoms with Crippen molar-refractivity contribution >= 4 is 33.8 Å². The molecule has 0 saturated carbocycles. The van der Waals surface area contributed by atoms with E-state index in [0.717, 1.165) is 16.7 Å². The Morgan fingerprint density at radius 2 is 2.00 bits per heavy atom. The Hall–Kier alpha value is -3.23. The molecule has 0 fully saturated rings. The van der Waals surface area contributed by atoms with Crippen LogP contribution in [0.1, 0.15) is 16.8 Å². The van der Waals surface area contributed by atoms with Crippen LogP contribution in [0.5, 0.6) is 5.75 Å². The van der Waals surface area contributed by atoms with E-state index in [2.05, 4.69) is 15.4 Å². The first-order chi connectivity index (χ1) is 14.9. The molecule has 0 aliphatic rings. The lowest BCUT2D eigenvalue weighted by atomic mass is 10.1. The molecular formula is C22H19ClN4O3S. The van der Waals surface area contributed by atoms with Crippen LogP contribution in [0, 0.1) is 13.8 Å². The molecule has 0 spiro atoms. The highest BCUT2D eigenvalue weighted by Gasteiger charge is 2.13. The summed E-state index contributed by atoms with van der Waals surface area (Å²) in [4.78, 5) is 29.5.